The smallest absolute Gasteiger partial charge is 0.251 e. The van der Waals surface area contributed by atoms with Gasteiger partial charge in [-0.2, -0.15) is 0 Å². The lowest BCUT2D eigenvalue weighted by Gasteiger charge is -2.34. The number of likely N-dealkylation sites (N-methyl/N-ethyl adjacent to an activating group) is 1. The largest absolute Gasteiger partial charge is 0.369 e. The first-order valence-corrected chi connectivity index (χ1v) is 8.99. The topological polar surface area (TPSA) is 35.6 Å². The molecule has 25 heavy (non-hydrogen) atoms. The van der Waals surface area contributed by atoms with Crippen molar-refractivity contribution < 1.29 is 4.79 Å². The Morgan fingerprint density at radius 3 is 2.24 bits per heavy atom. The number of hydrogen-bond acceptors (Lipinski definition) is 3. The molecule has 1 aliphatic rings. The van der Waals surface area contributed by atoms with E-state index in [2.05, 4.69) is 46.4 Å². The van der Waals surface area contributed by atoms with Crippen molar-refractivity contribution >= 4 is 11.6 Å². The van der Waals surface area contributed by atoms with Gasteiger partial charge in [0.15, 0.2) is 0 Å². The normalized spacial score (nSPS) is 15.2. The third-order valence-corrected chi connectivity index (χ3v) is 4.82. The van der Waals surface area contributed by atoms with Crippen LogP contribution in [0.3, 0.4) is 0 Å². The Hall–Kier alpha value is -2.33. The van der Waals surface area contributed by atoms with Crippen LogP contribution < -0.4 is 10.2 Å². The Kier molecular flexibility index (Phi) is 5.71. The molecule has 2 aromatic carbocycles. The van der Waals surface area contributed by atoms with Gasteiger partial charge in [0.05, 0.1) is 0 Å². The Morgan fingerprint density at radius 2 is 1.60 bits per heavy atom. The van der Waals surface area contributed by atoms with E-state index in [0.717, 1.165) is 43.7 Å². The molecule has 1 amide bonds. The van der Waals surface area contributed by atoms with Gasteiger partial charge in [-0.25, -0.2) is 0 Å². The third-order valence-electron chi connectivity index (χ3n) is 4.82. The maximum Gasteiger partial charge on any atom is 0.251 e. The summed E-state index contributed by atoms with van der Waals surface area (Å²) in [6.07, 6.45) is 0.848. The number of aryl methyl sites for hydroxylation is 1. The molecule has 1 N–H and O–H groups in total. The molecule has 0 unspecified atom stereocenters. The summed E-state index contributed by atoms with van der Waals surface area (Å²) in [5, 5.41) is 2.99. The van der Waals surface area contributed by atoms with Gasteiger partial charge in [0.2, 0.25) is 0 Å². The fourth-order valence-electron chi connectivity index (χ4n) is 3.07. The van der Waals surface area contributed by atoms with Crippen molar-refractivity contribution in [2.24, 2.45) is 0 Å². The van der Waals surface area contributed by atoms with Gasteiger partial charge in [-0.3, -0.25) is 4.79 Å². The molecular formula is C21H27N3O. The van der Waals surface area contributed by atoms with Crippen molar-refractivity contribution in [3.63, 3.8) is 0 Å². The second kappa shape index (κ2) is 8.17. The molecular weight excluding hydrogens is 310 g/mol. The summed E-state index contributed by atoms with van der Waals surface area (Å²) in [6, 6.07) is 16.4. The van der Waals surface area contributed by atoms with E-state index in [0.29, 0.717) is 6.54 Å². The van der Waals surface area contributed by atoms with Crippen LogP contribution in [0.5, 0.6) is 0 Å². The number of benzene rings is 2. The Bertz CT molecular complexity index is 686. The molecule has 0 saturated carbocycles. The van der Waals surface area contributed by atoms with Crippen molar-refractivity contribution in [3.8, 4) is 0 Å². The fourth-order valence-corrected chi connectivity index (χ4v) is 3.07. The minimum atomic E-state index is -0.00550. The van der Waals surface area contributed by atoms with Crippen LogP contribution in [0.4, 0.5) is 5.69 Å². The number of amides is 1. The number of carbonyl (C=O) groups is 1. The zero-order valence-electron chi connectivity index (χ0n) is 15.2. The molecule has 1 heterocycles. The van der Waals surface area contributed by atoms with Gasteiger partial charge in [0, 0.05) is 44.0 Å². The zero-order chi connectivity index (χ0) is 17.6. The predicted octanol–water partition coefficient (Wildman–Crippen LogP) is 2.72. The van der Waals surface area contributed by atoms with E-state index in [9.17, 15) is 4.79 Å². The summed E-state index contributed by atoms with van der Waals surface area (Å²) < 4.78 is 0. The molecule has 0 radical (unpaired) electrons. The molecule has 0 bridgehead atoms. The van der Waals surface area contributed by atoms with E-state index in [1.165, 1.54) is 11.3 Å². The average molecular weight is 337 g/mol. The first kappa shape index (κ1) is 17.5. The van der Waals surface area contributed by atoms with Crippen LogP contribution in [0.1, 0.15) is 21.5 Å². The lowest BCUT2D eigenvalue weighted by Crippen LogP contribution is -2.44. The zero-order valence-corrected chi connectivity index (χ0v) is 15.2. The van der Waals surface area contributed by atoms with E-state index in [-0.39, 0.29) is 5.91 Å². The molecule has 0 aromatic heterocycles. The second-order valence-corrected chi connectivity index (χ2v) is 6.83. The molecule has 0 spiro atoms. The summed E-state index contributed by atoms with van der Waals surface area (Å²) in [5.41, 5.74) is 4.43. The van der Waals surface area contributed by atoms with Crippen molar-refractivity contribution in [3.05, 3.63) is 65.2 Å². The SMILES string of the molecule is Cc1ccc(C(=O)NCCc2ccc(N3CCN(C)CC3)cc2)cc1. The number of piperazine rings is 1. The van der Waals surface area contributed by atoms with Crippen LogP contribution in [0, 0.1) is 6.92 Å². The van der Waals surface area contributed by atoms with Crippen molar-refractivity contribution in [1.29, 1.82) is 0 Å². The van der Waals surface area contributed by atoms with Crippen LogP contribution in [-0.2, 0) is 6.42 Å². The average Bonchev–Trinajstić information content (AvgIpc) is 2.63. The van der Waals surface area contributed by atoms with Crippen LogP contribution >= 0.6 is 0 Å². The summed E-state index contributed by atoms with van der Waals surface area (Å²) in [4.78, 5) is 16.9. The highest BCUT2D eigenvalue weighted by Crippen LogP contribution is 2.17. The molecule has 1 aliphatic heterocycles. The highest BCUT2D eigenvalue weighted by atomic mass is 16.1. The molecule has 0 atom stereocenters. The van der Waals surface area contributed by atoms with Crippen LogP contribution in [-0.4, -0.2) is 50.6 Å². The van der Waals surface area contributed by atoms with Gasteiger partial charge >= 0.3 is 0 Å². The van der Waals surface area contributed by atoms with Crippen LogP contribution in [0.2, 0.25) is 0 Å². The van der Waals surface area contributed by atoms with Gasteiger partial charge in [0.25, 0.3) is 5.91 Å². The maximum absolute atomic E-state index is 12.1. The Labute approximate surface area is 150 Å². The molecule has 1 fully saturated rings. The maximum atomic E-state index is 12.1. The minimum absolute atomic E-state index is 0.00550. The molecule has 132 valence electrons. The van der Waals surface area contributed by atoms with E-state index in [1.807, 2.05) is 31.2 Å². The number of hydrogen-bond donors (Lipinski definition) is 1. The molecule has 3 rings (SSSR count). The standard InChI is InChI=1S/C21H27N3O/c1-17-3-7-19(8-4-17)21(25)22-12-11-18-5-9-20(10-6-18)24-15-13-23(2)14-16-24/h3-10H,11-16H2,1-2H3,(H,22,25). The van der Waals surface area contributed by atoms with E-state index in [4.69, 9.17) is 0 Å². The van der Waals surface area contributed by atoms with Gasteiger partial charge < -0.3 is 15.1 Å². The highest BCUT2D eigenvalue weighted by Gasteiger charge is 2.13. The summed E-state index contributed by atoms with van der Waals surface area (Å²) in [5.74, 6) is -0.00550. The lowest BCUT2D eigenvalue weighted by molar-refractivity contribution is 0.0954. The van der Waals surface area contributed by atoms with Crippen molar-refractivity contribution in [2.75, 3.05) is 44.7 Å². The number of rotatable bonds is 5. The third kappa shape index (κ3) is 4.83. The van der Waals surface area contributed by atoms with E-state index >= 15 is 0 Å². The van der Waals surface area contributed by atoms with Gasteiger partial charge in [-0.05, 0) is 50.2 Å². The first-order chi connectivity index (χ1) is 12.1. The monoisotopic (exact) mass is 337 g/mol. The molecule has 4 nitrogen and oxygen atoms in total. The number of nitrogens with zero attached hydrogens (tertiary/aromatic N) is 2. The molecule has 0 aliphatic carbocycles. The van der Waals surface area contributed by atoms with Crippen LogP contribution in [0.15, 0.2) is 48.5 Å². The molecule has 2 aromatic rings. The highest BCUT2D eigenvalue weighted by molar-refractivity contribution is 5.94. The lowest BCUT2D eigenvalue weighted by atomic mass is 10.1. The van der Waals surface area contributed by atoms with E-state index < -0.39 is 0 Å². The van der Waals surface area contributed by atoms with E-state index in [1.54, 1.807) is 0 Å². The summed E-state index contributed by atoms with van der Waals surface area (Å²) >= 11 is 0. The van der Waals surface area contributed by atoms with Gasteiger partial charge in [-0.15, -0.1) is 0 Å². The number of carbonyl (C=O) groups excluding carboxylic acids is 1. The van der Waals surface area contributed by atoms with Gasteiger partial charge in [0.1, 0.15) is 0 Å². The minimum Gasteiger partial charge on any atom is -0.369 e. The predicted molar refractivity (Wildman–Crippen MR) is 103 cm³/mol. The quantitative estimate of drug-likeness (QED) is 0.911. The van der Waals surface area contributed by atoms with Gasteiger partial charge in [-0.1, -0.05) is 29.8 Å². The number of nitrogens with one attached hydrogen (secondary N) is 1. The Balaban J connectivity index is 1.47. The molecule has 4 heteroatoms. The summed E-state index contributed by atoms with van der Waals surface area (Å²) in [6.45, 7) is 7.08. The van der Waals surface area contributed by atoms with Crippen LogP contribution in [0.25, 0.3) is 0 Å². The number of anilines is 1. The van der Waals surface area contributed by atoms with Crippen molar-refractivity contribution in [2.45, 2.75) is 13.3 Å². The van der Waals surface area contributed by atoms with Crippen molar-refractivity contribution in [1.82, 2.24) is 10.2 Å². The fraction of sp³-hybridized carbons (Fsp3) is 0.381. The Morgan fingerprint density at radius 1 is 0.960 bits per heavy atom. The first-order valence-electron chi connectivity index (χ1n) is 8.99. The summed E-state index contributed by atoms with van der Waals surface area (Å²) in [7, 11) is 2.17. The molecule has 1 saturated heterocycles. The second-order valence-electron chi connectivity index (χ2n) is 6.83.